The van der Waals surface area contributed by atoms with Gasteiger partial charge in [-0.1, -0.05) is 53.9 Å². The number of nitrogens with one attached hydrogen (secondary N) is 2. The van der Waals surface area contributed by atoms with Crippen molar-refractivity contribution in [3.63, 3.8) is 0 Å². The highest BCUT2D eigenvalue weighted by Gasteiger charge is 2.27. The zero-order chi connectivity index (χ0) is 27.9. The van der Waals surface area contributed by atoms with E-state index in [4.69, 9.17) is 23.2 Å². The molecule has 1 saturated carbocycles. The van der Waals surface area contributed by atoms with Crippen molar-refractivity contribution in [2.45, 2.75) is 50.4 Å². The number of carbonyl (C=O) groups is 2. The largest absolute Gasteiger partial charge is 0.309 e. The van der Waals surface area contributed by atoms with Crippen LogP contribution in [0.15, 0.2) is 72.8 Å². The Morgan fingerprint density at radius 2 is 1.05 bits per heavy atom. The van der Waals surface area contributed by atoms with E-state index in [1.54, 1.807) is 36.4 Å². The number of aromatic nitrogens is 4. The summed E-state index contributed by atoms with van der Waals surface area (Å²) in [7, 11) is 0. The van der Waals surface area contributed by atoms with E-state index in [0.717, 1.165) is 48.2 Å². The van der Waals surface area contributed by atoms with Crippen molar-refractivity contribution in [2.24, 2.45) is 0 Å². The van der Waals surface area contributed by atoms with Gasteiger partial charge in [-0.3, -0.25) is 9.59 Å². The van der Waals surface area contributed by atoms with E-state index in [9.17, 15) is 9.59 Å². The molecule has 204 valence electrons. The van der Waals surface area contributed by atoms with Gasteiger partial charge in [0.1, 0.15) is 0 Å². The second-order valence-corrected chi connectivity index (χ2v) is 10.8. The third-order valence-electron chi connectivity index (χ3n) is 6.97. The smallest absolute Gasteiger partial charge is 0.229 e. The number of nitrogens with zero attached hydrogens (tertiary/aromatic N) is 4. The van der Waals surface area contributed by atoms with Crippen LogP contribution in [0.25, 0.3) is 0 Å². The average molecular weight is 576 g/mol. The van der Waals surface area contributed by atoms with Crippen LogP contribution in [0.4, 0.5) is 11.6 Å². The van der Waals surface area contributed by atoms with Crippen LogP contribution < -0.4 is 10.6 Å². The van der Waals surface area contributed by atoms with Crippen molar-refractivity contribution < 1.29 is 9.59 Å². The first-order valence-electron chi connectivity index (χ1n) is 13.2. The minimum atomic E-state index is -0.162. The molecule has 2 atom stereocenters. The van der Waals surface area contributed by atoms with Crippen molar-refractivity contribution in [2.75, 3.05) is 10.6 Å². The number of halogens is 2. The monoisotopic (exact) mass is 574 g/mol. The lowest BCUT2D eigenvalue weighted by Crippen LogP contribution is -2.18. The second-order valence-electron chi connectivity index (χ2n) is 9.95. The van der Waals surface area contributed by atoms with E-state index in [1.807, 2.05) is 36.4 Å². The quantitative estimate of drug-likeness (QED) is 0.253. The first kappa shape index (κ1) is 27.7. The van der Waals surface area contributed by atoms with Crippen LogP contribution in [-0.2, 0) is 22.4 Å². The summed E-state index contributed by atoms with van der Waals surface area (Å²) in [5.74, 6) is 1.01. The van der Waals surface area contributed by atoms with Gasteiger partial charge in [0.05, 0.1) is 24.2 Å². The van der Waals surface area contributed by atoms with Gasteiger partial charge in [0.25, 0.3) is 0 Å². The number of hydrogen-bond donors (Lipinski definition) is 2. The van der Waals surface area contributed by atoms with Crippen LogP contribution in [0.5, 0.6) is 0 Å². The third-order valence-corrected chi connectivity index (χ3v) is 7.48. The topological polar surface area (TPSA) is 110 Å². The van der Waals surface area contributed by atoms with Crippen LogP contribution in [-0.4, -0.2) is 32.2 Å². The molecule has 1 aliphatic carbocycles. The van der Waals surface area contributed by atoms with E-state index < -0.39 is 0 Å². The Morgan fingerprint density at radius 1 is 0.625 bits per heavy atom. The van der Waals surface area contributed by atoms with Crippen LogP contribution >= 0.6 is 23.2 Å². The number of carbonyl (C=O) groups excluding carboxylic acids is 2. The molecular formula is C30H28Cl2N6O2. The molecule has 40 heavy (non-hydrogen) atoms. The molecule has 2 N–H and O–H groups in total. The summed E-state index contributed by atoms with van der Waals surface area (Å²) in [4.78, 5) is 24.8. The highest BCUT2D eigenvalue weighted by molar-refractivity contribution is 6.30. The van der Waals surface area contributed by atoms with E-state index in [0.29, 0.717) is 21.7 Å². The van der Waals surface area contributed by atoms with Crippen LogP contribution in [0.1, 0.15) is 60.0 Å². The van der Waals surface area contributed by atoms with Crippen LogP contribution in [0.2, 0.25) is 10.0 Å². The summed E-state index contributed by atoms with van der Waals surface area (Å²) >= 11 is 11.8. The molecule has 1 aliphatic rings. The van der Waals surface area contributed by atoms with Gasteiger partial charge in [-0.05, 0) is 78.9 Å². The Hall–Kier alpha value is -3.88. The molecule has 0 radical (unpaired) electrons. The predicted molar refractivity (Wildman–Crippen MR) is 156 cm³/mol. The summed E-state index contributed by atoms with van der Waals surface area (Å²) in [5, 5.41) is 24.2. The molecule has 0 spiro atoms. The average Bonchev–Trinajstić information content (AvgIpc) is 2.96. The zero-order valence-electron chi connectivity index (χ0n) is 21.7. The molecule has 2 aromatic heterocycles. The molecule has 0 unspecified atom stereocenters. The molecule has 0 bridgehead atoms. The molecule has 4 aromatic rings. The molecule has 1 fully saturated rings. The number of benzene rings is 2. The number of hydrogen-bond acceptors (Lipinski definition) is 6. The van der Waals surface area contributed by atoms with Gasteiger partial charge in [-0.2, -0.15) is 10.2 Å². The predicted octanol–water partition coefficient (Wildman–Crippen LogP) is 6.38. The van der Waals surface area contributed by atoms with E-state index >= 15 is 0 Å². The molecule has 8 nitrogen and oxygen atoms in total. The van der Waals surface area contributed by atoms with Gasteiger partial charge in [0, 0.05) is 21.9 Å². The maximum Gasteiger partial charge on any atom is 0.229 e. The Balaban J connectivity index is 1.13. The normalized spacial score (nSPS) is 16.8. The van der Waals surface area contributed by atoms with E-state index in [2.05, 4.69) is 31.0 Å². The lowest BCUT2D eigenvalue weighted by Gasteiger charge is -2.28. The number of rotatable bonds is 8. The summed E-state index contributed by atoms with van der Waals surface area (Å²) in [5.41, 5.74) is 3.55. The minimum Gasteiger partial charge on any atom is -0.309 e. The first-order valence-corrected chi connectivity index (χ1v) is 13.9. The fourth-order valence-corrected chi connectivity index (χ4v) is 5.18. The van der Waals surface area contributed by atoms with Crippen molar-refractivity contribution >= 4 is 46.7 Å². The third kappa shape index (κ3) is 7.61. The summed E-state index contributed by atoms with van der Waals surface area (Å²) in [6, 6.07) is 21.8. The van der Waals surface area contributed by atoms with Crippen molar-refractivity contribution in [3.05, 3.63) is 105 Å². The summed E-state index contributed by atoms with van der Waals surface area (Å²) < 4.78 is 0. The zero-order valence-corrected chi connectivity index (χ0v) is 23.2. The van der Waals surface area contributed by atoms with Crippen molar-refractivity contribution in [1.29, 1.82) is 0 Å². The maximum absolute atomic E-state index is 12.4. The van der Waals surface area contributed by atoms with Gasteiger partial charge in [-0.15, -0.1) is 10.2 Å². The van der Waals surface area contributed by atoms with E-state index in [-0.39, 0.29) is 36.5 Å². The molecule has 0 aliphatic heterocycles. The molecule has 2 heterocycles. The molecular weight excluding hydrogens is 547 g/mol. The van der Waals surface area contributed by atoms with Gasteiger partial charge < -0.3 is 10.6 Å². The highest BCUT2D eigenvalue weighted by atomic mass is 35.5. The molecule has 0 saturated heterocycles. The first-order chi connectivity index (χ1) is 19.4. The number of anilines is 2. The fourth-order valence-electron chi connectivity index (χ4n) is 4.93. The van der Waals surface area contributed by atoms with Gasteiger partial charge in [0.2, 0.25) is 11.8 Å². The number of amides is 2. The van der Waals surface area contributed by atoms with Crippen molar-refractivity contribution in [1.82, 2.24) is 20.4 Å². The molecule has 10 heteroatoms. The highest BCUT2D eigenvalue weighted by Crippen LogP contribution is 2.40. The lowest BCUT2D eigenvalue weighted by atomic mass is 9.78. The molecule has 2 amide bonds. The van der Waals surface area contributed by atoms with Gasteiger partial charge in [0.15, 0.2) is 11.6 Å². The Kier molecular flexibility index (Phi) is 8.98. The Morgan fingerprint density at radius 3 is 1.43 bits per heavy atom. The molecule has 2 aromatic carbocycles. The Bertz CT molecular complexity index is 1340. The summed E-state index contributed by atoms with van der Waals surface area (Å²) in [6.07, 6.45) is 4.42. The second kappa shape index (κ2) is 13.0. The summed E-state index contributed by atoms with van der Waals surface area (Å²) in [6.45, 7) is 0. The van der Waals surface area contributed by atoms with Crippen molar-refractivity contribution in [3.8, 4) is 0 Å². The standard InChI is InChI=1S/C30H28Cl2N6O2/c31-23-8-4-19(5-9-23)16-29(39)33-27-14-12-25(35-37-27)21-2-1-3-22(18-21)26-13-15-28(38-36-26)34-30(40)17-20-6-10-24(32)11-7-20/h4-15,21-22H,1-3,16-18H2,(H,33,37,39)(H,34,38,40)/t21-,22-/m0/s1. The molecule has 5 rings (SSSR count). The van der Waals surface area contributed by atoms with Gasteiger partial charge >= 0.3 is 0 Å². The van der Waals surface area contributed by atoms with Crippen LogP contribution in [0.3, 0.4) is 0 Å². The van der Waals surface area contributed by atoms with Gasteiger partial charge in [-0.25, -0.2) is 0 Å². The SMILES string of the molecule is O=C(Cc1ccc(Cl)cc1)Nc1ccc([C@H]2CCC[C@H](c3ccc(NC(=O)Cc4ccc(Cl)cc4)nn3)C2)nn1. The van der Waals surface area contributed by atoms with E-state index in [1.165, 1.54) is 0 Å². The minimum absolute atomic E-state index is 0.162. The fraction of sp³-hybridized carbons (Fsp3) is 0.267. The Labute approximate surface area is 242 Å². The van der Waals surface area contributed by atoms with Crippen LogP contribution in [0, 0.1) is 0 Å². The maximum atomic E-state index is 12.4. The lowest BCUT2D eigenvalue weighted by molar-refractivity contribution is -0.116.